The van der Waals surface area contributed by atoms with Gasteiger partial charge in [-0.1, -0.05) is 11.3 Å². The molecule has 0 saturated heterocycles. The maximum atomic E-state index is 11.9. The maximum Gasteiger partial charge on any atom is 0.307 e. The summed E-state index contributed by atoms with van der Waals surface area (Å²) in [5.41, 5.74) is 0.427. The lowest BCUT2D eigenvalue weighted by Crippen LogP contribution is -2.40. The average molecular weight is 312 g/mol. The van der Waals surface area contributed by atoms with Crippen LogP contribution in [0.1, 0.15) is 18.2 Å². The van der Waals surface area contributed by atoms with E-state index in [0.29, 0.717) is 0 Å². The van der Waals surface area contributed by atoms with Crippen molar-refractivity contribution in [3.63, 3.8) is 0 Å². The lowest BCUT2D eigenvalue weighted by molar-refractivity contribution is -0.122. The molecule has 1 unspecified atom stereocenters. The molecule has 2 N–H and O–H groups in total. The maximum absolute atomic E-state index is 11.9. The van der Waals surface area contributed by atoms with Crippen LogP contribution in [0.4, 0.5) is 0 Å². The molecule has 2 heterocycles. The topological polar surface area (TPSA) is 71.3 Å². The lowest BCUT2D eigenvalue weighted by Gasteiger charge is -2.22. The summed E-state index contributed by atoms with van der Waals surface area (Å²) in [5.74, 6) is -0.288. The number of amides is 1. The summed E-state index contributed by atoms with van der Waals surface area (Å²) in [6.07, 6.45) is 0. The average Bonchev–Trinajstić information content (AvgIpc) is 3.02. The predicted molar refractivity (Wildman–Crippen MR) is 80.2 cm³/mol. The van der Waals surface area contributed by atoms with Gasteiger partial charge in [-0.05, 0) is 36.2 Å². The Balaban J connectivity index is 1.95. The molecule has 108 valence electrons. The Morgan fingerprint density at radius 3 is 2.80 bits per heavy atom. The zero-order chi connectivity index (χ0) is 14.8. The van der Waals surface area contributed by atoms with E-state index in [1.165, 1.54) is 15.9 Å². The molecule has 0 fully saturated rings. The van der Waals surface area contributed by atoms with Crippen molar-refractivity contribution in [3.05, 3.63) is 43.1 Å². The zero-order valence-corrected chi connectivity index (χ0v) is 12.9. The highest BCUT2D eigenvalue weighted by Gasteiger charge is 2.24. The summed E-state index contributed by atoms with van der Waals surface area (Å²) < 4.78 is 1.42. The van der Waals surface area contributed by atoms with E-state index < -0.39 is 5.60 Å². The molecule has 0 saturated carbocycles. The van der Waals surface area contributed by atoms with Crippen molar-refractivity contribution < 1.29 is 9.90 Å². The molecule has 20 heavy (non-hydrogen) atoms. The third kappa shape index (κ3) is 3.36. The number of thiazole rings is 1. The van der Waals surface area contributed by atoms with E-state index in [1.54, 1.807) is 19.2 Å². The molecular formula is C13H16N2O3S2. The quantitative estimate of drug-likeness (QED) is 0.874. The number of thiophene rings is 1. The Labute approximate surface area is 124 Å². The van der Waals surface area contributed by atoms with Crippen LogP contribution in [0.25, 0.3) is 0 Å². The van der Waals surface area contributed by atoms with Crippen LogP contribution >= 0.6 is 22.7 Å². The van der Waals surface area contributed by atoms with Crippen LogP contribution in [-0.4, -0.2) is 22.1 Å². The van der Waals surface area contributed by atoms with E-state index >= 15 is 0 Å². The first-order valence-corrected chi connectivity index (χ1v) is 7.89. The highest BCUT2D eigenvalue weighted by Crippen LogP contribution is 2.21. The molecule has 0 radical (unpaired) electrons. The van der Waals surface area contributed by atoms with Gasteiger partial charge in [-0.15, -0.1) is 0 Å². The van der Waals surface area contributed by atoms with E-state index in [0.717, 1.165) is 22.6 Å². The highest BCUT2D eigenvalue weighted by molar-refractivity contribution is 7.08. The van der Waals surface area contributed by atoms with Gasteiger partial charge in [0, 0.05) is 11.1 Å². The van der Waals surface area contributed by atoms with Crippen molar-refractivity contribution in [3.8, 4) is 0 Å². The molecule has 5 nitrogen and oxygen atoms in total. The molecule has 2 aromatic rings. The van der Waals surface area contributed by atoms with E-state index in [1.807, 2.05) is 16.8 Å². The Morgan fingerprint density at radius 1 is 1.50 bits per heavy atom. The summed E-state index contributed by atoms with van der Waals surface area (Å²) >= 11 is 2.57. The van der Waals surface area contributed by atoms with Crippen LogP contribution in [0.2, 0.25) is 0 Å². The highest BCUT2D eigenvalue weighted by atomic mass is 32.1. The first kappa shape index (κ1) is 15.0. The number of carbonyl (C=O) groups excluding carboxylic acids is 1. The van der Waals surface area contributed by atoms with Crippen molar-refractivity contribution in [2.75, 3.05) is 6.54 Å². The van der Waals surface area contributed by atoms with Crippen molar-refractivity contribution >= 4 is 28.6 Å². The lowest BCUT2D eigenvalue weighted by atomic mass is 9.99. The summed E-state index contributed by atoms with van der Waals surface area (Å²) in [6, 6.07) is 1.82. The molecule has 0 bridgehead atoms. The molecule has 0 aliphatic rings. The van der Waals surface area contributed by atoms with Gasteiger partial charge in [-0.25, -0.2) is 0 Å². The summed E-state index contributed by atoms with van der Waals surface area (Å²) in [4.78, 5) is 23.2. The first-order chi connectivity index (χ1) is 9.40. The number of rotatable bonds is 5. The molecule has 0 aromatic carbocycles. The second kappa shape index (κ2) is 5.90. The third-order valence-electron chi connectivity index (χ3n) is 3.05. The molecule has 2 aromatic heterocycles. The fourth-order valence-corrected chi connectivity index (χ4v) is 3.26. The van der Waals surface area contributed by atoms with E-state index in [2.05, 4.69) is 5.32 Å². The van der Waals surface area contributed by atoms with Gasteiger partial charge in [0.05, 0.1) is 6.54 Å². The van der Waals surface area contributed by atoms with Crippen molar-refractivity contribution in [2.45, 2.75) is 26.0 Å². The largest absolute Gasteiger partial charge is 0.384 e. The first-order valence-electron chi connectivity index (χ1n) is 6.07. The molecule has 7 heteroatoms. The van der Waals surface area contributed by atoms with Gasteiger partial charge in [-0.3, -0.25) is 14.2 Å². The molecule has 2 rings (SSSR count). The summed E-state index contributed by atoms with van der Waals surface area (Å²) in [6.45, 7) is 3.53. The minimum absolute atomic E-state index is 0.0200. The molecule has 0 aliphatic carbocycles. The van der Waals surface area contributed by atoms with Crippen LogP contribution in [0.3, 0.4) is 0 Å². The third-order valence-corrected chi connectivity index (χ3v) is 4.62. The number of hydrogen-bond donors (Lipinski definition) is 2. The fraction of sp³-hybridized carbons (Fsp3) is 0.385. The van der Waals surface area contributed by atoms with Crippen LogP contribution in [0, 0.1) is 6.92 Å². The minimum Gasteiger partial charge on any atom is -0.384 e. The Bertz CT molecular complexity index is 641. The van der Waals surface area contributed by atoms with Gasteiger partial charge >= 0.3 is 4.87 Å². The van der Waals surface area contributed by atoms with Gasteiger partial charge in [0.2, 0.25) is 5.91 Å². The Kier molecular flexibility index (Phi) is 4.42. The number of aliphatic hydroxyl groups is 1. The van der Waals surface area contributed by atoms with Gasteiger partial charge in [0.1, 0.15) is 12.1 Å². The van der Waals surface area contributed by atoms with Gasteiger partial charge in [-0.2, -0.15) is 11.3 Å². The number of hydrogen-bond acceptors (Lipinski definition) is 5. The van der Waals surface area contributed by atoms with Crippen molar-refractivity contribution in [2.24, 2.45) is 0 Å². The number of nitrogens with zero attached hydrogens (tertiary/aromatic N) is 1. The zero-order valence-electron chi connectivity index (χ0n) is 11.3. The molecule has 0 spiro atoms. The van der Waals surface area contributed by atoms with Gasteiger partial charge in [0.15, 0.2) is 0 Å². The summed E-state index contributed by atoms with van der Waals surface area (Å²) in [7, 11) is 0. The monoisotopic (exact) mass is 312 g/mol. The molecular weight excluding hydrogens is 296 g/mol. The number of nitrogens with one attached hydrogen (secondary N) is 1. The van der Waals surface area contributed by atoms with Gasteiger partial charge < -0.3 is 10.4 Å². The van der Waals surface area contributed by atoms with Crippen LogP contribution in [-0.2, 0) is 16.9 Å². The van der Waals surface area contributed by atoms with E-state index in [4.69, 9.17) is 0 Å². The second-order valence-corrected chi connectivity index (χ2v) is 6.39. The second-order valence-electron chi connectivity index (χ2n) is 4.79. The number of carbonyl (C=O) groups is 1. The van der Waals surface area contributed by atoms with Gasteiger partial charge in [0.25, 0.3) is 0 Å². The fourth-order valence-electron chi connectivity index (χ4n) is 1.74. The Morgan fingerprint density at radius 2 is 2.25 bits per heavy atom. The van der Waals surface area contributed by atoms with Crippen LogP contribution in [0.5, 0.6) is 0 Å². The normalized spacial score (nSPS) is 13.9. The minimum atomic E-state index is -1.11. The number of aromatic nitrogens is 1. The molecule has 1 amide bonds. The molecule has 1 atom stereocenters. The Hall–Kier alpha value is -1.44. The van der Waals surface area contributed by atoms with Crippen molar-refractivity contribution in [1.82, 2.24) is 9.88 Å². The molecule has 0 aliphatic heterocycles. The SMILES string of the molecule is Cc1csc(=O)n1CC(=O)NCC(C)(O)c1ccsc1. The van der Waals surface area contributed by atoms with Crippen LogP contribution < -0.4 is 10.2 Å². The van der Waals surface area contributed by atoms with Crippen LogP contribution in [0.15, 0.2) is 27.0 Å². The van der Waals surface area contributed by atoms with E-state index in [9.17, 15) is 14.7 Å². The number of aryl methyl sites for hydroxylation is 1. The van der Waals surface area contributed by atoms with E-state index in [-0.39, 0.29) is 23.9 Å². The standard InChI is InChI=1S/C13H16N2O3S2/c1-9-6-20-12(17)15(9)5-11(16)14-8-13(2,18)10-3-4-19-7-10/h3-4,6-7,18H,5,8H2,1-2H3,(H,14,16). The smallest absolute Gasteiger partial charge is 0.307 e. The summed E-state index contributed by atoms with van der Waals surface area (Å²) in [5, 5.41) is 18.4. The van der Waals surface area contributed by atoms with Crippen molar-refractivity contribution in [1.29, 1.82) is 0 Å². The predicted octanol–water partition coefficient (Wildman–Crippen LogP) is 1.30.